The molecule has 0 radical (unpaired) electrons. The molecule has 0 unspecified atom stereocenters. The SMILES string of the molecule is CCCCC[C@H](O)/C=C/[C@@H]1[C@@H](CC(=O)CCCCC(=O)OC[C@H](CO)OC(=O)CCCCCCCCCCCCCCCCCCC(C)C)[C@@H](O)C[C@H]1O. The number of esters is 2. The van der Waals surface area contributed by atoms with E-state index in [0.29, 0.717) is 19.3 Å². The molecule has 0 amide bonds. The number of carbonyl (C=O) groups excluding carboxylic acids is 3. The predicted octanol–water partition coefficient (Wildman–Crippen LogP) is 9.49. The van der Waals surface area contributed by atoms with E-state index in [1.54, 1.807) is 12.2 Å². The van der Waals surface area contributed by atoms with E-state index in [4.69, 9.17) is 9.47 Å². The highest BCUT2D eigenvalue weighted by atomic mass is 16.6. The third kappa shape index (κ3) is 26.9. The third-order valence-electron chi connectivity index (χ3n) is 11.0. The van der Waals surface area contributed by atoms with E-state index in [0.717, 1.165) is 44.4 Å². The molecule has 0 aromatic rings. The van der Waals surface area contributed by atoms with Crippen molar-refractivity contribution in [3.05, 3.63) is 12.2 Å². The third-order valence-corrected chi connectivity index (χ3v) is 11.0. The number of ketones is 1. The molecule has 1 saturated carbocycles. The van der Waals surface area contributed by atoms with Crippen LogP contribution in [-0.4, -0.2) is 75.8 Å². The van der Waals surface area contributed by atoms with E-state index in [2.05, 4.69) is 20.8 Å². The van der Waals surface area contributed by atoms with Crippen LogP contribution in [0.1, 0.15) is 201 Å². The van der Waals surface area contributed by atoms with Gasteiger partial charge >= 0.3 is 11.9 Å². The molecule has 0 bridgehead atoms. The van der Waals surface area contributed by atoms with Gasteiger partial charge in [-0.25, -0.2) is 0 Å². The van der Waals surface area contributed by atoms with Gasteiger partial charge in [-0.3, -0.25) is 14.4 Å². The van der Waals surface area contributed by atoms with Crippen LogP contribution < -0.4 is 0 Å². The van der Waals surface area contributed by atoms with Gasteiger partial charge in [-0.2, -0.15) is 0 Å². The summed E-state index contributed by atoms with van der Waals surface area (Å²) in [6.07, 6.45) is 27.6. The zero-order valence-corrected chi connectivity index (χ0v) is 34.7. The van der Waals surface area contributed by atoms with Gasteiger partial charge < -0.3 is 29.9 Å². The number of hydrogen-bond acceptors (Lipinski definition) is 9. The average molecular weight is 767 g/mol. The Morgan fingerprint density at radius 1 is 0.667 bits per heavy atom. The average Bonchev–Trinajstić information content (AvgIpc) is 3.40. The standard InChI is InChI=1S/C45H82O9/c1-4-5-20-26-37(47)30-31-40-41(43(50)33-42(40)49)32-38(48)27-23-24-28-44(51)53-35-39(34-46)54-45(52)29-22-19-17-15-13-11-9-7-6-8-10-12-14-16-18-21-25-36(2)3/h30-31,36-37,39-43,46-47,49-50H,4-29,32-35H2,1-3H3/b31-30+/t37-,39-,40+,41+,42+,43-/m0/s1. The summed E-state index contributed by atoms with van der Waals surface area (Å²) in [5, 5.41) is 40.7. The minimum Gasteiger partial charge on any atom is -0.462 e. The van der Waals surface area contributed by atoms with Crippen LogP contribution in [-0.2, 0) is 23.9 Å². The first-order valence-electron chi connectivity index (χ1n) is 22.3. The van der Waals surface area contributed by atoms with Gasteiger partial charge in [0.25, 0.3) is 0 Å². The Labute approximate surface area is 329 Å². The molecule has 1 rings (SSSR count). The number of hydrogen-bond donors (Lipinski definition) is 4. The van der Waals surface area contributed by atoms with Crippen molar-refractivity contribution < 1.29 is 44.3 Å². The van der Waals surface area contributed by atoms with E-state index in [1.165, 1.54) is 89.9 Å². The van der Waals surface area contributed by atoms with Gasteiger partial charge in [0.2, 0.25) is 0 Å². The van der Waals surface area contributed by atoms with Gasteiger partial charge in [0.15, 0.2) is 6.10 Å². The van der Waals surface area contributed by atoms with Crippen LogP contribution >= 0.6 is 0 Å². The Morgan fingerprint density at radius 2 is 1.17 bits per heavy atom. The van der Waals surface area contributed by atoms with Gasteiger partial charge in [-0.1, -0.05) is 155 Å². The van der Waals surface area contributed by atoms with Crippen molar-refractivity contribution in [1.82, 2.24) is 0 Å². The van der Waals surface area contributed by atoms with Gasteiger partial charge in [-0.05, 0) is 31.6 Å². The number of aliphatic hydroxyl groups excluding tert-OH is 4. The summed E-state index contributed by atoms with van der Waals surface area (Å²) in [5.74, 6) is -0.866. The Hall–Kier alpha value is -1.81. The first kappa shape index (κ1) is 50.2. The summed E-state index contributed by atoms with van der Waals surface area (Å²) in [5.41, 5.74) is 0. The summed E-state index contributed by atoms with van der Waals surface area (Å²) in [6, 6.07) is 0. The molecule has 9 heteroatoms. The number of aliphatic hydroxyl groups is 4. The lowest BCUT2D eigenvalue weighted by molar-refractivity contribution is -0.161. The minimum absolute atomic E-state index is 0.0414. The Morgan fingerprint density at radius 3 is 1.72 bits per heavy atom. The fraction of sp³-hybridized carbons (Fsp3) is 0.889. The molecule has 0 aromatic heterocycles. The molecule has 0 heterocycles. The fourth-order valence-corrected chi connectivity index (χ4v) is 7.50. The first-order chi connectivity index (χ1) is 26.1. The molecule has 316 valence electrons. The summed E-state index contributed by atoms with van der Waals surface area (Å²) >= 11 is 0. The van der Waals surface area contributed by atoms with Gasteiger partial charge in [-0.15, -0.1) is 0 Å². The molecule has 9 nitrogen and oxygen atoms in total. The summed E-state index contributed by atoms with van der Waals surface area (Å²) in [6.45, 7) is 6.08. The van der Waals surface area contributed by atoms with Crippen molar-refractivity contribution in [2.75, 3.05) is 13.2 Å². The van der Waals surface area contributed by atoms with Gasteiger partial charge in [0.05, 0.1) is 24.9 Å². The van der Waals surface area contributed by atoms with E-state index in [1.807, 2.05) is 0 Å². The highest BCUT2D eigenvalue weighted by Gasteiger charge is 2.41. The van der Waals surface area contributed by atoms with E-state index in [-0.39, 0.29) is 50.4 Å². The lowest BCUT2D eigenvalue weighted by Gasteiger charge is -2.20. The maximum atomic E-state index is 12.7. The van der Waals surface area contributed by atoms with Crippen LogP contribution in [0.15, 0.2) is 12.2 Å². The Kier molecular flexibility index (Phi) is 31.0. The number of rotatable bonds is 36. The molecule has 54 heavy (non-hydrogen) atoms. The summed E-state index contributed by atoms with van der Waals surface area (Å²) in [4.78, 5) is 37.2. The molecule has 0 aliphatic heterocycles. The largest absolute Gasteiger partial charge is 0.462 e. The molecule has 4 N–H and O–H groups in total. The quantitative estimate of drug-likeness (QED) is 0.0278. The lowest BCUT2D eigenvalue weighted by Crippen LogP contribution is -2.28. The molecule has 1 fully saturated rings. The summed E-state index contributed by atoms with van der Waals surface area (Å²) < 4.78 is 10.5. The van der Waals surface area contributed by atoms with Crippen molar-refractivity contribution in [3.63, 3.8) is 0 Å². The van der Waals surface area contributed by atoms with E-state index >= 15 is 0 Å². The van der Waals surface area contributed by atoms with Crippen LogP contribution in [0.25, 0.3) is 0 Å². The molecule has 0 spiro atoms. The topological polar surface area (TPSA) is 151 Å². The second-order valence-electron chi connectivity index (χ2n) is 16.6. The van der Waals surface area contributed by atoms with Crippen LogP contribution in [0.4, 0.5) is 0 Å². The summed E-state index contributed by atoms with van der Waals surface area (Å²) in [7, 11) is 0. The monoisotopic (exact) mass is 767 g/mol. The normalized spacial score (nSPS) is 19.8. The van der Waals surface area contributed by atoms with Crippen molar-refractivity contribution in [2.45, 2.75) is 225 Å². The second-order valence-corrected chi connectivity index (χ2v) is 16.6. The van der Waals surface area contributed by atoms with Crippen LogP contribution in [0, 0.1) is 17.8 Å². The van der Waals surface area contributed by atoms with Crippen LogP contribution in [0.5, 0.6) is 0 Å². The smallest absolute Gasteiger partial charge is 0.306 e. The fourth-order valence-electron chi connectivity index (χ4n) is 7.50. The van der Waals surface area contributed by atoms with Gasteiger partial charge in [0, 0.05) is 43.9 Å². The molecule has 0 aromatic carbocycles. The number of Topliss-reactive ketones (excluding diaryl/α,β-unsaturated/α-hetero) is 1. The Balaban J connectivity index is 2.06. The molecule has 1 aliphatic carbocycles. The van der Waals surface area contributed by atoms with Crippen LogP contribution in [0.2, 0.25) is 0 Å². The molecular formula is C45H82O9. The highest BCUT2D eigenvalue weighted by molar-refractivity contribution is 5.79. The van der Waals surface area contributed by atoms with E-state index < -0.39 is 48.9 Å². The van der Waals surface area contributed by atoms with Crippen molar-refractivity contribution in [3.8, 4) is 0 Å². The Bertz CT molecular complexity index is 967. The number of unbranched alkanes of at least 4 members (excludes halogenated alkanes) is 18. The zero-order chi connectivity index (χ0) is 39.8. The predicted molar refractivity (Wildman–Crippen MR) is 217 cm³/mol. The zero-order valence-electron chi connectivity index (χ0n) is 34.7. The molecule has 6 atom stereocenters. The van der Waals surface area contributed by atoms with Crippen molar-refractivity contribution in [2.24, 2.45) is 17.8 Å². The van der Waals surface area contributed by atoms with Gasteiger partial charge in [0.1, 0.15) is 12.4 Å². The molecule has 1 aliphatic rings. The maximum absolute atomic E-state index is 12.7. The highest BCUT2D eigenvalue weighted by Crippen LogP contribution is 2.36. The lowest BCUT2D eigenvalue weighted by atomic mass is 9.87. The first-order valence-corrected chi connectivity index (χ1v) is 22.3. The minimum atomic E-state index is -0.893. The van der Waals surface area contributed by atoms with E-state index in [9.17, 15) is 34.8 Å². The molecule has 0 saturated heterocycles. The number of ether oxygens (including phenoxy) is 2. The molecular weight excluding hydrogens is 684 g/mol. The van der Waals surface area contributed by atoms with Crippen molar-refractivity contribution in [1.29, 1.82) is 0 Å². The maximum Gasteiger partial charge on any atom is 0.306 e. The second kappa shape index (κ2) is 33.3. The van der Waals surface area contributed by atoms with Crippen molar-refractivity contribution >= 4 is 17.7 Å². The number of carbonyl (C=O) groups is 3. The van der Waals surface area contributed by atoms with Crippen LogP contribution in [0.3, 0.4) is 0 Å².